The van der Waals surface area contributed by atoms with Crippen LogP contribution in [0.1, 0.15) is 33.3 Å². The Bertz CT molecular complexity index is 949. The summed E-state index contributed by atoms with van der Waals surface area (Å²) in [4.78, 5) is 28.2. The number of hydrogen-bond donors (Lipinski definition) is 1. The van der Waals surface area contributed by atoms with Crippen molar-refractivity contribution in [3.63, 3.8) is 0 Å². The molecule has 0 atom stereocenters. The maximum Gasteiger partial charge on any atom is 0.256 e. The first-order valence-corrected chi connectivity index (χ1v) is 7.43. The number of anilines is 1. The molecule has 1 amide bonds. The fourth-order valence-electron chi connectivity index (χ4n) is 2.50. The highest BCUT2D eigenvalue weighted by Gasteiger charge is 2.13. The predicted octanol–water partition coefficient (Wildman–Crippen LogP) is 4.14. The largest absolute Gasteiger partial charge is 0.322 e. The molecule has 0 radical (unpaired) electrons. The second-order valence-corrected chi connectivity index (χ2v) is 5.56. The number of carbonyl (C=O) groups excluding carboxylic acids is 2. The number of amides is 1. The molecule has 0 saturated carbocycles. The number of aromatic nitrogens is 1. The zero-order valence-electron chi connectivity index (χ0n) is 13.3. The lowest BCUT2D eigenvalue weighted by molar-refractivity contribution is 0.101. The average Bonchev–Trinajstić information content (AvgIpc) is 2.55. The van der Waals surface area contributed by atoms with Crippen LogP contribution in [-0.2, 0) is 0 Å². The number of nitrogens with one attached hydrogen (secondary N) is 1. The van der Waals surface area contributed by atoms with Crippen molar-refractivity contribution in [1.82, 2.24) is 4.98 Å². The minimum atomic E-state index is -0.423. The number of Topliss-reactive ketones (excluding diaryl/α,β-unsaturated/α-hetero) is 1. The number of ketones is 1. The monoisotopic (exact) mass is 322 g/mol. The highest BCUT2D eigenvalue weighted by atomic mass is 19.1. The van der Waals surface area contributed by atoms with E-state index in [4.69, 9.17) is 0 Å². The van der Waals surface area contributed by atoms with E-state index in [1.807, 2.05) is 0 Å². The summed E-state index contributed by atoms with van der Waals surface area (Å²) in [6.07, 6.45) is 0. The van der Waals surface area contributed by atoms with Gasteiger partial charge in [0.2, 0.25) is 0 Å². The Morgan fingerprint density at radius 2 is 1.75 bits per heavy atom. The molecule has 1 aromatic heterocycles. The van der Waals surface area contributed by atoms with E-state index in [0.717, 1.165) is 0 Å². The molecule has 0 fully saturated rings. The third-order valence-corrected chi connectivity index (χ3v) is 3.69. The van der Waals surface area contributed by atoms with E-state index in [9.17, 15) is 14.0 Å². The molecule has 3 rings (SSSR count). The van der Waals surface area contributed by atoms with Crippen LogP contribution in [0.2, 0.25) is 0 Å². The van der Waals surface area contributed by atoms with E-state index in [1.54, 1.807) is 43.3 Å². The first-order valence-electron chi connectivity index (χ1n) is 7.43. The van der Waals surface area contributed by atoms with Gasteiger partial charge in [0.15, 0.2) is 5.78 Å². The van der Waals surface area contributed by atoms with E-state index in [0.29, 0.717) is 33.4 Å². The van der Waals surface area contributed by atoms with E-state index in [-0.39, 0.29) is 11.7 Å². The Morgan fingerprint density at radius 1 is 1.04 bits per heavy atom. The number of halogens is 1. The molecule has 5 heteroatoms. The van der Waals surface area contributed by atoms with Gasteiger partial charge >= 0.3 is 0 Å². The third-order valence-electron chi connectivity index (χ3n) is 3.69. The maximum absolute atomic E-state index is 13.5. The Kier molecular flexibility index (Phi) is 4.08. The first-order chi connectivity index (χ1) is 11.4. The van der Waals surface area contributed by atoms with Gasteiger partial charge in [0.25, 0.3) is 5.91 Å². The molecule has 0 bridgehead atoms. The number of pyridine rings is 1. The standard InChI is InChI=1S/C19H15FN2O2/c1-11-9-17(16-10-14(20)5-8-18(16)21-11)19(24)22-15-6-3-13(4-7-15)12(2)23/h3-10H,1-2H3,(H,22,24). The van der Waals surface area contributed by atoms with E-state index in [2.05, 4.69) is 10.3 Å². The third kappa shape index (κ3) is 3.15. The van der Waals surface area contributed by atoms with E-state index >= 15 is 0 Å². The first kappa shape index (κ1) is 15.8. The number of carbonyl (C=O) groups is 2. The highest BCUT2D eigenvalue weighted by Crippen LogP contribution is 2.21. The second kappa shape index (κ2) is 6.20. The fraction of sp³-hybridized carbons (Fsp3) is 0.105. The molecule has 0 unspecified atom stereocenters. The van der Waals surface area contributed by atoms with Crippen LogP contribution in [0.4, 0.5) is 10.1 Å². The Hall–Kier alpha value is -3.08. The van der Waals surface area contributed by atoms with Crippen LogP contribution in [0.3, 0.4) is 0 Å². The number of aryl methyl sites for hydroxylation is 1. The number of rotatable bonds is 3. The van der Waals surface area contributed by atoms with Gasteiger partial charge in [-0.3, -0.25) is 14.6 Å². The fourth-order valence-corrected chi connectivity index (χ4v) is 2.50. The van der Waals surface area contributed by atoms with Crippen molar-refractivity contribution in [2.75, 3.05) is 5.32 Å². The molecule has 3 aromatic rings. The normalized spacial score (nSPS) is 10.6. The SMILES string of the molecule is CC(=O)c1ccc(NC(=O)c2cc(C)nc3ccc(F)cc23)cc1. The van der Waals surface area contributed by atoms with Gasteiger partial charge in [0, 0.05) is 22.3 Å². The molecule has 2 aromatic carbocycles. The molecular weight excluding hydrogens is 307 g/mol. The summed E-state index contributed by atoms with van der Waals surface area (Å²) in [6.45, 7) is 3.26. The molecule has 120 valence electrons. The molecular formula is C19H15FN2O2. The Labute approximate surface area is 138 Å². The van der Waals surface area contributed by atoms with Crippen molar-refractivity contribution in [1.29, 1.82) is 0 Å². The summed E-state index contributed by atoms with van der Waals surface area (Å²) in [5, 5.41) is 3.22. The van der Waals surface area contributed by atoms with Crippen molar-refractivity contribution in [2.45, 2.75) is 13.8 Å². The Morgan fingerprint density at radius 3 is 2.42 bits per heavy atom. The molecule has 1 N–H and O–H groups in total. The quantitative estimate of drug-likeness (QED) is 0.737. The van der Waals surface area contributed by atoms with Crippen molar-refractivity contribution in [3.05, 3.63) is 71.2 Å². The summed E-state index contributed by atoms with van der Waals surface area (Å²) < 4.78 is 13.5. The summed E-state index contributed by atoms with van der Waals surface area (Å²) >= 11 is 0. The topological polar surface area (TPSA) is 59.1 Å². The van der Waals surface area contributed by atoms with Gasteiger partial charge in [0.05, 0.1) is 11.1 Å². The van der Waals surface area contributed by atoms with Crippen molar-refractivity contribution in [2.24, 2.45) is 0 Å². The molecule has 24 heavy (non-hydrogen) atoms. The van der Waals surface area contributed by atoms with Gasteiger partial charge in [-0.25, -0.2) is 4.39 Å². The lowest BCUT2D eigenvalue weighted by Gasteiger charge is -2.09. The van der Waals surface area contributed by atoms with Crippen LogP contribution >= 0.6 is 0 Å². The van der Waals surface area contributed by atoms with Gasteiger partial charge in [-0.1, -0.05) is 0 Å². The van der Waals surface area contributed by atoms with E-state index < -0.39 is 5.82 Å². The summed E-state index contributed by atoms with van der Waals surface area (Å²) in [7, 11) is 0. The molecule has 0 aliphatic carbocycles. The van der Waals surface area contributed by atoms with Gasteiger partial charge in [-0.2, -0.15) is 0 Å². The average molecular weight is 322 g/mol. The zero-order valence-corrected chi connectivity index (χ0v) is 13.3. The summed E-state index contributed by atoms with van der Waals surface area (Å²) in [5.74, 6) is -0.821. The molecule has 0 aliphatic heterocycles. The van der Waals surface area contributed by atoms with Crippen LogP contribution < -0.4 is 5.32 Å². The minimum Gasteiger partial charge on any atom is -0.322 e. The number of benzene rings is 2. The zero-order chi connectivity index (χ0) is 17.3. The highest BCUT2D eigenvalue weighted by molar-refractivity contribution is 6.12. The lowest BCUT2D eigenvalue weighted by Crippen LogP contribution is -2.13. The minimum absolute atomic E-state index is 0.0425. The smallest absolute Gasteiger partial charge is 0.256 e. The van der Waals surface area contributed by atoms with Crippen molar-refractivity contribution >= 4 is 28.3 Å². The van der Waals surface area contributed by atoms with Crippen molar-refractivity contribution in [3.8, 4) is 0 Å². The molecule has 0 spiro atoms. The van der Waals surface area contributed by atoms with Crippen LogP contribution in [-0.4, -0.2) is 16.7 Å². The van der Waals surface area contributed by atoms with Crippen molar-refractivity contribution < 1.29 is 14.0 Å². The summed E-state index contributed by atoms with van der Waals surface area (Å²) in [5.41, 5.74) is 2.72. The molecule has 4 nitrogen and oxygen atoms in total. The van der Waals surface area contributed by atoms with Gasteiger partial charge < -0.3 is 5.32 Å². The van der Waals surface area contributed by atoms with Gasteiger partial charge in [0.1, 0.15) is 5.82 Å². The van der Waals surface area contributed by atoms with Gasteiger partial charge in [-0.05, 0) is 62.4 Å². The number of hydrogen-bond acceptors (Lipinski definition) is 3. The molecule has 0 aliphatic rings. The maximum atomic E-state index is 13.5. The summed E-state index contributed by atoms with van der Waals surface area (Å²) in [6, 6.07) is 12.4. The van der Waals surface area contributed by atoms with Crippen LogP contribution in [0, 0.1) is 12.7 Å². The van der Waals surface area contributed by atoms with E-state index in [1.165, 1.54) is 19.1 Å². The molecule has 1 heterocycles. The van der Waals surface area contributed by atoms with Crippen LogP contribution in [0.25, 0.3) is 10.9 Å². The van der Waals surface area contributed by atoms with Gasteiger partial charge in [-0.15, -0.1) is 0 Å². The second-order valence-electron chi connectivity index (χ2n) is 5.56. The predicted molar refractivity (Wildman–Crippen MR) is 90.8 cm³/mol. The molecule has 0 saturated heterocycles. The Balaban J connectivity index is 1.96. The van der Waals surface area contributed by atoms with Crippen LogP contribution in [0.5, 0.6) is 0 Å². The lowest BCUT2D eigenvalue weighted by atomic mass is 10.1. The number of nitrogens with zero attached hydrogens (tertiary/aromatic N) is 1. The number of fused-ring (bicyclic) bond motifs is 1. The van der Waals surface area contributed by atoms with Crippen LogP contribution in [0.15, 0.2) is 48.5 Å².